The van der Waals surface area contributed by atoms with E-state index in [1.807, 2.05) is 35.2 Å². The molecular formula is C13H16N4O. The fourth-order valence-electron chi connectivity index (χ4n) is 2.24. The number of amides is 1. The van der Waals surface area contributed by atoms with Crippen LogP contribution in [-0.4, -0.2) is 31.6 Å². The van der Waals surface area contributed by atoms with Crippen molar-refractivity contribution >= 4 is 11.6 Å². The van der Waals surface area contributed by atoms with Crippen LogP contribution in [0.2, 0.25) is 0 Å². The maximum absolute atomic E-state index is 11.6. The van der Waals surface area contributed by atoms with E-state index in [9.17, 15) is 4.79 Å². The van der Waals surface area contributed by atoms with Crippen molar-refractivity contribution in [3.8, 4) is 6.07 Å². The van der Waals surface area contributed by atoms with Gasteiger partial charge in [-0.2, -0.15) is 5.26 Å². The average molecular weight is 244 g/mol. The van der Waals surface area contributed by atoms with Gasteiger partial charge in [-0.1, -0.05) is 18.2 Å². The standard InChI is InChI=1S/C13H16N4O/c14-5-6-16-13(18)9-17-8-11(15)7-10-3-1-2-4-12(10)17/h1-4,11H,6-9,15H2,(H,16,18). The fraction of sp³-hybridized carbons (Fsp3) is 0.385. The zero-order valence-corrected chi connectivity index (χ0v) is 10.1. The van der Waals surface area contributed by atoms with Crippen molar-refractivity contribution in [1.29, 1.82) is 5.26 Å². The van der Waals surface area contributed by atoms with Crippen molar-refractivity contribution in [2.45, 2.75) is 12.5 Å². The second-order valence-corrected chi connectivity index (χ2v) is 4.41. The molecule has 5 heteroatoms. The molecule has 1 aliphatic rings. The minimum atomic E-state index is -0.152. The number of hydrogen-bond acceptors (Lipinski definition) is 4. The predicted octanol–water partition coefficient (Wildman–Crippen LogP) is 0.0162. The van der Waals surface area contributed by atoms with Crippen LogP contribution in [0.5, 0.6) is 0 Å². The lowest BCUT2D eigenvalue weighted by Crippen LogP contribution is -2.47. The van der Waals surface area contributed by atoms with Crippen LogP contribution in [0.1, 0.15) is 5.56 Å². The molecule has 3 N–H and O–H groups in total. The van der Waals surface area contributed by atoms with Crippen LogP contribution in [0.15, 0.2) is 24.3 Å². The summed E-state index contributed by atoms with van der Waals surface area (Å²) in [6, 6.07) is 9.90. The molecule has 0 aromatic heterocycles. The van der Waals surface area contributed by atoms with E-state index in [0.29, 0.717) is 6.54 Å². The molecule has 1 aromatic carbocycles. The van der Waals surface area contributed by atoms with Gasteiger partial charge in [-0.05, 0) is 18.1 Å². The lowest BCUT2D eigenvalue weighted by atomic mass is 9.98. The topological polar surface area (TPSA) is 82.2 Å². The van der Waals surface area contributed by atoms with E-state index in [1.165, 1.54) is 5.56 Å². The quantitative estimate of drug-likeness (QED) is 0.734. The van der Waals surface area contributed by atoms with Crippen molar-refractivity contribution in [1.82, 2.24) is 5.32 Å². The molecule has 5 nitrogen and oxygen atoms in total. The number of nitrogens with zero attached hydrogens (tertiary/aromatic N) is 2. The minimum Gasteiger partial charge on any atom is -0.360 e. The predicted molar refractivity (Wildman–Crippen MR) is 69.0 cm³/mol. The zero-order valence-electron chi connectivity index (χ0n) is 10.1. The second kappa shape index (κ2) is 5.52. The van der Waals surface area contributed by atoms with Gasteiger partial charge in [-0.3, -0.25) is 4.79 Å². The summed E-state index contributed by atoms with van der Waals surface area (Å²) in [4.78, 5) is 13.6. The Morgan fingerprint density at radius 3 is 3.11 bits per heavy atom. The number of anilines is 1. The van der Waals surface area contributed by atoms with Gasteiger partial charge in [0.25, 0.3) is 0 Å². The normalized spacial score (nSPS) is 17.8. The summed E-state index contributed by atoms with van der Waals surface area (Å²) in [5.74, 6) is -0.152. The summed E-state index contributed by atoms with van der Waals surface area (Å²) in [5.41, 5.74) is 8.22. The number of nitrogens with one attached hydrogen (secondary N) is 1. The first-order chi connectivity index (χ1) is 8.70. The molecule has 0 saturated carbocycles. The van der Waals surface area contributed by atoms with Gasteiger partial charge >= 0.3 is 0 Å². The van der Waals surface area contributed by atoms with Gasteiger partial charge in [0, 0.05) is 18.3 Å². The minimum absolute atomic E-state index is 0.0420. The Morgan fingerprint density at radius 2 is 2.33 bits per heavy atom. The van der Waals surface area contributed by atoms with Gasteiger partial charge in [0.1, 0.15) is 6.54 Å². The third kappa shape index (κ3) is 2.79. The number of carbonyl (C=O) groups excluding carboxylic acids is 1. The summed E-state index contributed by atoms with van der Waals surface area (Å²) in [6.07, 6.45) is 0.840. The summed E-state index contributed by atoms with van der Waals surface area (Å²) < 4.78 is 0. The van der Waals surface area contributed by atoms with E-state index >= 15 is 0 Å². The third-order valence-electron chi connectivity index (χ3n) is 2.97. The monoisotopic (exact) mass is 244 g/mol. The highest BCUT2D eigenvalue weighted by atomic mass is 16.2. The Morgan fingerprint density at radius 1 is 1.56 bits per heavy atom. The summed E-state index contributed by atoms with van der Waals surface area (Å²) in [7, 11) is 0. The van der Waals surface area contributed by atoms with Crippen LogP contribution < -0.4 is 16.0 Å². The molecule has 1 amide bonds. The molecule has 0 bridgehead atoms. The molecule has 0 saturated heterocycles. The van der Waals surface area contributed by atoms with Gasteiger partial charge in [0.15, 0.2) is 0 Å². The lowest BCUT2D eigenvalue weighted by Gasteiger charge is -2.34. The Balaban J connectivity index is 2.09. The molecule has 2 rings (SSSR count). The number of rotatable bonds is 3. The fourth-order valence-corrected chi connectivity index (χ4v) is 2.24. The molecule has 0 aliphatic carbocycles. The first kappa shape index (κ1) is 12.4. The second-order valence-electron chi connectivity index (χ2n) is 4.41. The maximum Gasteiger partial charge on any atom is 0.240 e. The molecule has 1 atom stereocenters. The van der Waals surface area contributed by atoms with Gasteiger partial charge in [-0.25, -0.2) is 0 Å². The number of benzene rings is 1. The van der Waals surface area contributed by atoms with E-state index in [-0.39, 0.29) is 25.0 Å². The number of para-hydroxylation sites is 1. The first-order valence-electron chi connectivity index (χ1n) is 5.93. The first-order valence-corrected chi connectivity index (χ1v) is 5.93. The molecule has 0 radical (unpaired) electrons. The molecule has 1 aromatic rings. The van der Waals surface area contributed by atoms with E-state index in [2.05, 4.69) is 5.32 Å². The smallest absolute Gasteiger partial charge is 0.240 e. The molecule has 0 spiro atoms. The van der Waals surface area contributed by atoms with E-state index in [1.54, 1.807) is 0 Å². The molecule has 1 heterocycles. The highest BCUT2D eigenvalue weighted by Crippen LogP contribution is 2.25. The lowest BCUT2D eigenvalue weighted by molar-refractivity contribution is -0.119. The SMILES string of the molecule is N#CCNC(=O)CN1CC(N)Cc2ccccc21. The molecule has 94 valence electrons. The Hall–Kier alpha value is -2.06. The van der Waals surface area contributed by atoms with Crippen LogP contribution in [0.3, 0.4) is 0 Å². The number of nitrogens with two attached hydrogens (primary N) is 1. The largest absolute Gasteiger partial charge is 0.360 e. The van der Waals surface area contributed by atoms with E-state index in [4.69, 9.17) is 11.0 Å². The highest BCUT2D eigenvalue weighted by molar-refractivity contribution is 5.82. The van der Waals surface area contributed by atoms with E-state index < -0.39 is 0 Å². The van der Waals surface area contributed by atoms with Crippen LogP contribution in [0, 0.1) is 11.3 Å². The van der Waals surface area contributed by atoms with Crippen LogP contribution in [0.25, 0.3) is 0 Å². The van der Waals surface area contributed by atoms with Crippen molar-refractivity contribution in [3.63, 3.8) is 0 Å². The maximum atomic E-state index is 11.6. The average Bonchev–Trinajstić information content (AvgIpc) is 2.36. The number of fused-ring (bicyclic) bond motifs is 1. The molecule has 0 fully saturated rings. The number of nitriles is 1. The number of carbonyl (C=O) groups is 1. The van der Waals surface area contributed by atoms with Crippen LogP contribution >= 0.6 is 0 Å². The van der Waals surface area contributed by atoms with Gasteiger partial charge in [-0.15, -0.1) is 0 Å². The molecule has 1 aliphatic heterocycles. The zero-order chi connectivity index (χ0) is 13.0. The van der Waals surface area contributed by atoms with Crippen molar-refractivity contribution in [3.05, 3.63) is 29.8 Å². The molecule has 18 heavy (non-hydrogen) atoms. The van der Waals surface area contributed by atoms with Crippen molar-refractivity contribution in [2.75, 3.05) is 24.5 Å². The third-order valence-corrected chi connectivity index (χ3v) is 2.97. The summed E-state index contributed by atoms with van der Waals surface area (Å²) in [6.45, 7) is 0.948. The van der Waals surface area contributed by atoms with Crippen LogP contribution in [0.4, 0.5) is 5.69 Å². The van der Waals surface area contributed by atoms with Gasteiger partial charge in [0.05, 0.1) is 12.6 Å². The van der Waals surface area contributed by atoms with Gasteiger partial charge < -0.3 is 16.0 Å². The Labute approximate surface area is 106 Å². The van der Waals surface area contributed by atoms with Crippen LogP contribution in [-0.2, 0) is 11.2 Å². The van der Waals surface area contributed by atoms with Crippen molar-refractivity contribution in [2.24, 2.45) is 5.73 Å². The summed E-state index contributed by atoms with van der Waals surface area (Å²) >= 11 is 0. The molecular weight excluding hydrogens is 228 g/mol. The summed E-state index contributed by atoms with van der Waals surface area (Å²) in [5, 5.41) is 11.0. The number of hydrogen-bond donors (Lipinski definition) is 2. The Kier molecular flexibility index (Phi) is 3.80. The molecule has 1 unspecified atom stereocenters. The van der Waals surface area contributed by atoms with Crippen molar-refractivity contribution < 1.29 is 4.79 Å². The van der Waals surface area contributed by atoms with E-state index in [0.717, 1.165) is 12.1 Å². The highest BCUT2D eigenvalue weighted by Gasteiger charge is 2.22. The Bertz CT molecular complexity index is 480. The van der Waals surface area contributed by atoms with Gasteiger partial charge in [0.2, 0.25) is 5.91 Å².